The Hall–Kier alpha value is -1.64. The van der Waals surface area contributed by atoms with E-state index in [2.05, 4.69) is 71.4 Å². The lowest BCUT2D eigenvalue weighted by Crippen LogP contribution is -2.43. The van der Waals surface area contributed by atoms with Gasteiger partial charge in [0.25, 0.3) is 0 Å². The Balaban J connectivity index is 1.57. The highest BCUT2D eigenvalue weighted by Gasteiger charge is 2.13. The van der Waals surface area contributed by atoms with E-state index in [1.165, 1.54) is 42.9 Å². The number of hydrogen-bond acceptors (Lipinski definition) is 2. The van der Waals surface area contributed by atoms with Gasteiger partial charge in [-0.25, -0.2) is 0 Å². The van der Waals surface area contributed by atoms with Gasteiger partial charge < -0.3 is 4.90 Å². The van der Waals surface area contributed by atoms with E-state index in [1.54, 1.807) is 0 Å². The fraction of sp³-hybridized carbons (Fsp3) is 0.368. The number of likely N-dealkylation sites (N-methyl/N-ethyl adjacent to an activating group) is 1. The summed E-state index contributed by atoms with van der Waals surface area (Å²) in [5.41, 5.74) is 4.20. The van der Waals surface area contributed by atoms with Crippen LogP contribution in [0.2, 0.25) is 0 Å². The zero-order valence-corrected chi connectivity index (χ0v) is 12.8. The van der Waals surface area contributed by atoms with Gasteiger partial charge in [0.1, 0.15) is 0 Å². The lowest BCUT2D eigenvalue weighted by molar-refractivity contribution is 0.148. The molecular formula is C19H24N2. The molecule has 21 heavy (non-hydrogen) atoms. The molecule has 1 fully saturated rings. The van der Waals surface area contributed by atoms with Crippen molar-refractivity contribution < 1.29 is 0 Å². The maximum Gasteiger partial charge on any atom is 0.0234 e. The van der Waals surface area contributed by atoms with E-state index < -0.39 is 0 Å². The molecule has 0 aliphatic carbocycles. The van der Waals surface area contributed by atoms with E-state index in [4.69, 9.17) is 0 Å². The zero-order chi connectivity index (χ0) is 14.5. The normalized spacial score (nSPS) is 17.0. The molecule has 3 rings (SSSR count). The van der Waals surface area contributed by atoms with Crippen LogP contribution in [0.15, 0.2) is 54.6 Å². The number of nitrogens with zero attached hydrogens (tertiary/aromatic N) is 2. The first-order valence-electron chi connectivity index (χ1n) is 7.82. The van der Waals surface area contributed by atoms with Crippen molar-refractivity contribution in [1.29, 1.82) is 0 Å². The number of piperazine rings is 1. The fourth-order valence-electron chi connectivity index (χ4n) is 2.86. The largest absolute Gasteiger partial charge is 0.304 e. The van der Waals surface area contributed by atoms with Crippen molar-refractivity contribution in [2.24, 2.45) is 0 Å². The molecule has 0 atom stereocenters. The van der Waals surface area contributed by atoms with Crippen molar-refractivity contribution in [2.45, 2.75) is 13.0 Å². The van der Waals surface area contributed by atoms with Crippen molar-refractivity contribution in [3.05, 3.63) is 71.3 Å². The van der Waals surface area contributed by atoms with E-state index in [-0.39, 0.29) is 0 Å². The van der Waals surface area contributed by atoms with Gasteiger partial charge >= 0.3 is 0 Å². The zero-order valence-electron chi connectivity index (χ0n) is 12.8. The van der Waals surface area contributed by atoms with Crippen molar-refractivity contribution in [2.75, 3.05) is 33.2 Å². The molecule has 2 aromatic carbocycles. The summed E-state index contributed by atoms with van der Waals surface area (Å²) in [6.45, 7) is 5.82. The third kappa shape index (κ3) is 4.16. The highest BCUT2D eigenvalue weighted by molar-refractivity contribution is 5.28. The van der Waals surface area contributed by atoms with Gasteiger partial charge in [0, 0.05) is 32.7 Å². The summed E-state index contributed by atoms with van der Waals surface area (Å²) in [5.74, 6) is 0. The maximum atomic E-state index is 2.55. The molecule has 2 nitrogen and oxygen atoms in total. The number of benzene rings is 2. The quantitative estimate of drug-likeness (QED) is 0.849. The van der Waals surface area contributed by atoms with Gasteiger partial charge in [-0.05, 0) is 30.2 Å². The Morgan fingerprint density at radius 3 is 1.95 bits per heavy atom. The van der Waals surface area contributed by atoms with E-state index >= 15 is 0 Å². The van der Waals surface area contributed by atoms with Crippen molar-refractivity contribution >= 4 is 0 Å². The molecule has 0 saturated carbocycles. The van der Waals surface area contributed by atoms with Crippen LogP contribution in [0.1, 0.15) is 16.7 Å². The van der Waals surface area contributed by atoms with Crippen LogP contribution in [0.25, 0.3) is 0 Å². The molecule has 0 N–H and O–H groups in total. The monoisotopic (exact) mass is 280 g/mol. The van der Waals surface area contributed by atoms with E-state index in [9.17, 15) is 0 Å². The van der Waals surface area contributed by atoms with Gasteiger partial charge in [0.15, 0.2) is 0 Å². The number of rotatable bonds is 4. The van der Waals surface area contributed by atoms with Gasteiger partial charge in [0.05, 0.1) is 0 Å². The van der Waals surface area contributed by atoms with Gasteiger partial charge in [0.2, 0.25) is 0 Å². The van der Waals surface area contributed by atoms with Gasteiger partial charge in [-0.3, -0.25) is 4.90 Å². The molecule has 0 amide bonds. The Labute approximate surface area is 128 Å². The molecule has 0 aromatic heterocycles. The van der Waals surface area contributed by atoms with Crippen molar-refractivity contribution in [3.8, 4) is 0 Å². The predicted molar refractivity (Wildman–Crippen MR) is 88.5 cm³/mol. The summed E-state index contributed by atoms with van der Waals surface area (Å²) < 4.78 is 0. The maximum absolute atomic E-state index is 2.55. The fourth-order valence-corrected chi connectivity index (χ4v) is 2.86. The van der Waals surface area contributed by atoms with E-state index in [0.717, 1.165) is 13.0 Å². The Morgan fingerprint density at radius 1 is 0.714 bits per heavy atom. The first kappa shape index (κ1) is 14.3. The van der Waals surface area contributed by atoms with Gasteiger partial charge in [-0.15, -0.1) is 0 Å². The summed E-state index contributed by atoms with van der Waals surface area (Å²) in [6.07, 6.45) is 1.02. The Morgan fingerprint density at radius 2 is 1.29 bits per heavy atom. The SMILES string of the molecule is CN1CCN(Cc2ccc(Cc3ccccc3)cc2)CC1. The lowest BCUT2D eigenvalue weighted by atomic mass is 10.0. The second kappa shape index (κ2) is 6.88. The van der Waals surface area contributed by atoms with E-state index in [0.29, 0.717) is 0 Å². The first-order chi connectivity index (χ1) is 10.3. The number of hydrogen-bond donors (Lipinski definition) is 0. The summed E-state index contributed by atoms with van der Waals surface area (Å²) >= 11 is 0. The molecule has 1 saturated heterocycles. The second-order valence-corrected chi connectivity index (χ2v) is 6.06. The average molecular weight is 280 g/mol. The third-order valence-electron chi connectivity index (χ3n) is 4.28. The molecule has 0 radical (unpaired) electrons. The van der Waals surface area contributed by atoms with Crippen molar-refractivity contribution in [1.82, 2.24) is 9.80 Å². The summed E-state index contributed by atoms with van der Waals surface area (Å²) in [7, 11) is 2.20. The van der Waals surface area contributed by atoms with Crippen LogP contribution in [0, 0.1) is 0 Å². The second-order valence-electron chi connectivity index (χ2n) is 6.06. The highest BCUT2D eigenvalue weighted by atomic mass is 15.2. The Kier molecular flexibility index (Phi) is 4.69. The van der Waals surface area contributed by atoms with Crippen LogP contribution in [0.4, 0.5) is 0 Å². The average Bonchev–Trinajstić information content (AvgIpc) is 2.53. The minimum Gasteiger partial charge on any atom is -0.304 e. The molecule has 0 bridgehead atoms. The molecule has 1 aliphatic heterocycles. The van der Waals surface area contributed by atoms with Crippen LogP contribution in [0.5, 0.6) is 0 Å². The standard InChI is InChI=1S/C19H24N2/c1-20-11-13-21(14-12-20)16-19-9-7-18(8-10-19)15-17-5-3-2-4-6-17/h2-10H,11-16H2,1H3. The third-order valence-corrected chi connectivity index (χ3v) is 4.28. The highest BCUT2D eigenvalue weighted by Crippen LogP contribution is 2.13. The van der Waals surface area contributed by atoms with Crippen LogP contribution >= 0.6 is 0 Å². The smallest absolute Gasteiger partial charge is 0.0234 e. The van der Waals surface area contributed by atoms with Gasteiger partial charge in [-0.2, -0.15) is 0 Å². The summed E-state index contributed by atoms with van der Waals surface area (Å²) in [6, 6.07) is 19.8. The van der Waals surface area contributed by atoms with Crippen LogP contribution in [-0.2, 0) is 13.0 Å². The topological polar surface area (TPSA) is 6.48 Å². The van der Waals surface area contributed by atoms with Crippen LogP contribution < -0.4 is 0 Å². The Bertz CT molecular complexity index is 540. The predicted octanol–water partition coefficient (Wildman–Crippen LogP) is 3.02. The molecule has 0 spiro atoms. The summed E-state index contributed by atoms with van der Waals surface area (Å²) in [4.78, 5) is 4.95. The van der Waals surface area contributed by atoms with E-state index in [1.807, 2.05) is 0 Å². The van der Waals surface area contributed by atoms with Crippen LogP contribution in [0.3, 0.4) is 0 Å². The molecule has 0 unspecified atom stereocenters. The summed E-state index contributed by atoms with van der Waals surface area (Å²) in [5, 5.41) is 0. The molecule has 1 aliphatic rings. The molecule has 110 valence electrons. The molecular weight excluding hydrogens is 256 g/mol. The van der Waals surface area contributed by atoms with Crippen LogP contribution in [-0.4, -0.2) is 43.0 Å². The minimum atomic E-state index is 1.02. The molecule has 1 heterocycles. The first-order valence-corrected chi connectivity index (χ1v) is 7.82. The minimum absolute atomic E-state index is 1.02. The molecule has 2 aromatic rings. The molecule has 2 heteroatoms. The van der Waals surface area contributed by atoms with Gasteiger partial charge in [-0.1, -0.05) is 54.6 Å². The van der Waals surface area contributed by atoms with Crippen molar-refractivity contribution in [3.63, 3.8) is 0 Å². The lowest BCUT2D eigenvalue weighted by Gasteiger charge is -2.32.